The number of pyridine rings is 1. The SMILES string of the molecule is Cc1nnc(SCc2cn3ccccc3n2)c2cc3occc3n12. The van der Waals surface area contributed by atoms with Crippen molar-refractivity contribution >= 4 is 34.0 Å². The van der Waals surface area contributed by atoms with Gasteiger partial charge < -0.3 is 8.82 Å². The number of imidazole rings is 1. The highest BCUT2D eigenvalue weighted by molar-refractivity contribution is 7.98. The third-order valence-corrected chi connectivity index (χ3v) is 5.03. The average Bonchev–Trinajstić information content (AvgIpc) is 3.27. The van der Waals surface area contributed by atoms with Crippen molar-refractivity contribution in [3.8, 4) is 0 Å². The molecule has 0 amide bonds. The molecule has 6 nitrogen and oxygen atoms in total. The molecule has 0 unspecified atom stereocenters. The summed E-state index contributed by atoms with van der Waals surface area (Å²) in [5.41, 5.74) is 4.86. The van der Waals surface area contributed by atoms with Crippen LogP contribution in [-0.2, 0) is 5.75 Å². The molecule has 118 valence electrons. The Balaban J connectivity index is 1.53. The van der Waals surface area contributed by atoms with Gasteiger partial charge in [0.15, 0.2) is 5.58 Å². The van der Waals surface area contributed by atoms with Crippen molar-refractivity contribution in [2.24, 2.45) is 0 Å². The lowest BCUT2D eigenvalue weighted by molar-refractivity contribution is 0.616. The summed E-state index contributed by atoms with van der Waals surface area (Å²) in [5.74, 6) is 1.58. The summed E-state index contributed by atoms with van der Waals surface area (Å²) < 4.78 is 9.62. The molecule has 0 aromatic carbocycles. The van der Waals surface area contributed by atoms with Crippen LogP contribution in [0.5, 0.6) is 0 Å². The highest BCUT2D eigenvalue weighted by atomic mass is 32.2. The van der Waals surface area contributed by atoms with Gasteiger partial charge in [-0.05, 0) is 19.1 Å². The first-order valence-electron chi connectivity index (χ1n) is 7.57. The molecule has 5 heterocycles. The number of aryl methyl sites for hydroxylation is 1. The zero-order valence-corrected chi connectivity index (χ0v) is 13.7. The normalized spacial score (nSPS) is 11.9. The van der Waals surface area contributed by atoms with Crippen molar-refractivity contribution in [3.05, 3.63) is 60.5 Å². The molecular formula is C17H13N5OS. The van der Waals surface area contributed by atoms with Gasteiger partial charge in [0.1, 0.15) is 16.5 Å². The van der Waals surface area contributed by atoms with Gasteiger partial charge >= 0.3 is 0 Å². The van der Waals surface area contributed by atoms with Crippen LogP contribution in [-0.4, -0.2) is 24.0 Å². The Morgan fingerprint density at radius 1 is 1.17 bits per heavy atom. The smallest absolute Gasteiger partial charge is 0.152 e. The number of hydrogen-bond acceptors (Lipinski definition) is 5. The molecule has 7 heteroatoms. The fraction of sp³-hybridized carbons (Fsp3) is 0.118. The Kier molecular flexibility index (Phi) is 2.90. The minimum absolute atomic E-state index is 0.738. The number of furan rings is 1. The second-order valence-electron chi connectivity index (χ2n) is 5.57. The molecule has 0 atom stereocenters. The van der Waals surface area contributed by atoms with E-state index in [-0.39, 0.29) is 0 Å². The third-order valence-electron chi connectivity index (χ3n) is 4.02. The fourth-order valence-corrected chi connectivity index (χ4v) is 3.77. The molecule has 0 saturated heterocycles. The first kappa shape index (κ1) is 13.6. The maximum absolute atomic E-state index is 5.51. The summed E-state index contributed by atoms with van der Waals surface area (Å²) in [6, 6.07) is 9.95. The lowest BCUT2D eigenvalue weighted by Crippen LogP contribution is -1.99. The Morgan fingerprint density at radius 3 is 3.04 bits per heavy atom. The Labute approximate surface area is 141 Å². The van der Waals surface area contributed by atoms with E-state index in [0.29, 0.717) is 0 Å². The van der Waals surface area contributed by atoms with Gasteiger partial charge in [0.2, 0.25) is 0 Å². The second kappa shape index (κ2) is 5.10. The van der Waals surface area contributed by atoms with Gasteiger partial charge in [-0.2, -0.15) is 0 Å². The lowest BCUT2D eigenvalue weighted by atomic mass is 10.5. The first-order valence-corrected chi connectivity index (χ1v) is 8.55. The molecule has 0 radical (unpaired) electrons. The van der Waals surface area contributed by atoms with Crippen LogP contribution in [0.2, 0.25) is 0 Å². The Hall–Kier alpha value is -2.80. The van der Waals surface area contributed by atoms with Crippen LogP contribution in [0.3, 0.4) is 0 Å². The lowest BCUT2D eigenvalue weighted by Gasteiger charge is -2.04. The minimum atomic E-state index is 0.738. The molecule has 0 aliphatic heterocycles. The van der Waals surface area contributed by atoms with Gasteiger partial charge in [-0.25, -0.2) is 4.98 Å². The van der Waals surface area contributed by atoms with Gasteiger partial charge in [0.25, 0.3) is 0 Å². The molecule has 0 saturated carbocycles. The maximum atomic E-state index is 5.51. The van der Waals surface area contributed by atoms with Gasteiger partial charge in [-0.3, -0.25) is 4.40 Å². The molecule has 0 fully saturated rings. The standard InChI is InChI=1S/C17H13N5OS/c1-11-19-20-17(14-8-15-13(22(11)14)5-7-23-15)24-10-12-9-21-6-3-2-4-16(21)18-12/h2-9H,10H2,1H3. The monoisotopic (exact) mass is 335 g/mol. The summed E-state index contributed by atoms with van der Waals surface area (Å²) >= 11 is 1.63. The summed E-state index contributed by atoms with van der Waals surface area (Å²) in [5, 5.41) is 9.53. The van der Waals surface area contributed by atoms with Crippen molar-refractivity contribution in [2.45, 2.75) is 17.7 Å². The summed E-state index contributed by atoms with van der Waals surface area (Å²) in [7, 11) is 0. The number of rotatable bonds is 3. The van der Waals surface area contributed by atoms with Crippen molar-refractivity contribution in [1.29, 1.82) is 0 Å². The van der Waals surface area contributed by atoms with E-state index in [2.05, 4.69) is 19.6 Å². The molecule has 5 aromatic heterocycles. The first-order chi connectivity index (χ1) is 11.8. The number of fused-ring (bicyclic) bond motifs is 4. The van der Waals surface area contributed by atoms with Crippen LogP contribution >= 0.6 is 11.8 Å². The van der Waals surface area contributed by atoms with Crippen LogP contribution in [0.1, 0.15) is 11.5 Å². The van der Waals surface area contributed by atoms with Crippen molar-refractivity contribution < 1.29 is 4.42 Å². The number of aromatic nitrogens is 5. The highest BCUT2D eigenvalue weighted by Gasteiger charge is 2.14. The topological polar surface area (TPSA) is 60.6 Å². The van der Waals surface area contributed by atoms with Gasteiger partial charge in [0.05, 0.1) is 23.0 Å². The van der Waals surface area contributed by atoms with Gasteiger partial charge in [-0.15, -0.1) is 10.2 Å². The molecule has 0 N–H and O–H groups in total. The summed E-state index contributed by atoms with van der Waals surface area (Å²) in [6.07, 6.45) is 5.74. The van der Waals surface area contributed by atoms with Gasteiger partial charge in [-0.1, -0.05) is 17.8 Å². The molecule has 0 spiro atoms. The second-order valence-corrected chi connectivity index (χ2v) is 6.54. The third kappa shape index (κ3) is 2.01. The molecule has 5 rings (SSSR count). The van der Waals surface area contributed by atoms with E-state index in [9.17, 15) is 0 Å². The summed E-state index contributed by atoms with van der Waals surface area (Å²) in [6.45, 7) is 1.95. The maximum Gasteiger partial charge on any atom is 0.152 e. The van der Waals surface area contributed by atoms with Crippen LogP contribution in [0, 0.1) is 6.92 Å². The Bertz CT molecular complexity index is 1150. The fourth-order valence-electron chi connectivity index (χ4n) is 2.95. The van der Waals surface area contributed by atoms with Crippen molar-refractivity contribution in [3.63, 3.8) is 0 Å². The molecule has 0 bridgehead atoms. The van der Waals surface area contributed by atoms with Crippen molar-refractivity contribution in [2.75, 3.05) is 0 Å². The quantitative estimate of drug-likeness (QED) is 0.470. The molecular weight excluding hydrogens is 322 g/mol. The zero-order chi connectivity index (χ0) is 16.1. The molecule has 24 heavy (non-hydrogen) atoms. The van der Waals surface area contributed by atoms with Crippen LogP contribution in [0.15, 0.2) is 58.4 Å². The Morgan fingerprint density at radius 2 is 2.12 bits per heavy atom. The number of nitrogens with zero attached hydrogens (tertiary/aromatic N) is 5. The highest BCUT2D eigenvalue weighted by Crippen LogP contribution is 2.30. The zero-order valence-electron chi connectivity index (χ0n) is 12.9. The predicted molar refractivity (Wildman–Crippen MR) is 92.2 cm³/mol. The molecule has 0 aliphatic rings. The van der Waals surface area contributed by atoms with Crippen molar-refractivity contribution in [1.82, 2.24) is 24.0 Å². The van der Waals surface area contributed by atoms with E-state index in [1.165, 1.54) is 0 Å². The van der Waals surface area contributed by atoms with E-state index in [1.54, 1.807) is 18.0 Å². The van der Waals surface area contributed by atoms with Crippen LogP contribution in [0.25, 0.3) is 22.3 Å². The van der Waals surface area contributed by atoms with Gasteiger partial charge in [0, 0.05) is 30.3 Å². The van der Waals surface area contributed by atoms with E-state index in [4.69, 9.17) is 4.42 Å². The van der Waals surface area contributed by atoms with E-state index >= 15 is 0 Å². The average molecular weight is 335 g/mol. The number of hydrogen-bond donors (Lipinski definition) is 0. The van der Waals surface area contributed by atoms with E-state index in [0.717, 1.165) is 44.6 Å². The van der Waals surface area contributed by atoms with Crippen LogP contribution < -0.4 is 0 Å². The largest absolute Gasteiger partial charge is 0.463 e. The number of thioether (sulfide) groups is 1. The minimum Gasteiger partial charge on any atom is -0.463 e. The van der Waals surface area contributed by atoms with Crippen LogP contribution in [0.4, 0.5) is 0 Å². The molecule has 5 aromatic rings. The summed E-state index contributed by atoms with van der Waals surface area (Å²) in [4.78, 5) is 4.63. The molecule has 0 aliphatic carbocycles. The predicted octanol–water partition coefficient (Wildman–Crippen LogP) is 3.72. The van der Waals surface area contributed by atoms with E-state index in [1.807, 2.05) is 54.0 Å². The van der Waals surface area contributed by atoms with E-state index < -0.39 is 0 Å².